The van der Waals surface area contributed by atoms with Gasteiger partial charge in [0.2, 0.25) is 0 Å². The highest BCUT2D eigenvalue weighted by molar-refractivity contribution is 5.43. The van der Waals surface area contributed by atoms with Crippen LogP contribution in [0.25, 0.3) is 0 Å². The molecule has 6 nitrogen and oxygen atoms in total. The Morgan fingerprint density at radius 3 is 2.80 bits per heavy atom. The second-order valence-corrected chi connectivity index (χ2v) is 4.59. The third-order valence-electron chi connectivity index (χ3n) is 3.01. The molecule has 0 aliphatic carbocycles. The molecule has 0 fully saturated rings. The van der Waals surface area contributed by atoms with E-state index in [0.717, 1.165) is 24.3 Å². The fourth-order valence-electron chi connectivity index (χ4n) is 1.87. The first kappa shape index (κ1) is 14.0. The number of nitrogens with zero attached hydrogens (tertiary/aromatic N) is 3. The lowest BCUT2D eigenvalue weighted by Crippen LogP contribution is -2.39. The largest absolute Gasteiger partial charge is 0.370 e. The van der Waals surface area contributed by atoms with Gasteiger partial charge in [-0.2, -0.15) is 0 Å². The monoisotopic (exact) mass is 274 g/mol. The minimum Gasteiger partial charge on any atom is -0.370 e. The van der Waals surface area contributed by atoms with E-state index in [9.17, 15) is 9.59 Å². The van der Waals surface area contributed by atoms with E-state index in [1.54, 1.807) is 25.6 Å². The van der Waals surface area contributed by atoms with Gasteiger partial charge >= 0.3 is 11.1 Å². The van der Waals surface area contributed by atoms with Crippen LogP contribution >= 0.6 is 0 Å². The lowest BCUT2D eigenvalue weighted by Gasteiger charge is -2.11. The predicted molar refractivity (Wildman–Crippen MR) is 78.1 cm³/mol. The van der Waals surface area contributed by atoms with Gasteiger partial charge in [-0.15, -0.1) is 0 Å². The van der Waals surface area contributed by atoms with Gasteiger partial charge in [0.1, 0.15) is 5.82 Å². The van der Waals surface area contributed by atoms with E-state index in [1.807, 2.05) is 12.1 Å². The zero-order valence-electron chi connectivity index (χ0n) is 11.7. The van der Waals surface area contributed by atoms with Crippen LogP contribution in [0.3, 0.4) is 0 Å². The lowest BCUT2D eigenvalue weighted by molar-refractivity contribution is 0.694. The van der Waals surface area contributed by atoms with Gasteiger partial charge in [-0.1, -0.05) is 13.0 Å². The maximum atomic E-state index is 11.9. The van der Waals surface area contributed by atoms with Crippen molar-refractivity contribution in [2.24, 2.45) is 7.05 Å². The summed E-state index contributed by atoms with van der Waals surface area (Å²) in [5.74, 6) is 0.752. The first-order valence-corrected chi connectivity index (χ1v) is 6.57. The zero-order valence-corrected chi connectivity index (χ0v) is 11.7. The van der Waals surface area contributed by atoms with Gasteiger partial charge in [0.15, 0.2) is 0 Å². The molecule has 0 unspecified atom stereocenters. The molecular formula is C14H18N4O2. The molecular weight excluding hydrogens is 256 g/mol. The maximum Gasteiger partial charge on any atom is 0.316 e. The number of hydrogen-bond acceptors (Lipinski definition) is 4. The van der Waals surface area contributed by atoms with Gasteiger partial charge in [-0.05, 0) is 12.5 Å². The molecule has 0 aliphatic heterocycles. The highest BCUT2D eigenvalue weighted by Gasteiger charge is 2.07. The molecule has 0 aromatic carbocycles. The van der Waals surface area contributed by atoms with Crippen LogP contribution in [0.15, 0.2) is 40.3 Å². The summed E-state index contributed by atoms with van der Waals surface area (Å²) in [5.41, 5.74) is -0.170. The molecule has 0 aliphatic rings. The Balaban J connectivity index is 2.33. The fraction of sp³-hybridized carbons (Fsp3) is 0.357. The molecule has 0 bridgehead atoms. The number of pyridine rings is 1. The number of aromatic nitrogens is 3. The Labute approximate surface area is 116 Å². The molecule has 0 spiro atoms. The molecule has 2 rings (SSSR count). The lowest BCUT2D eigenvalue weighted by atomic mass is 10.2. The van der Waals surface area contributed by atoms with Gasteiger partial charge in [-0.25, -0.2) is 4.98 Å². The van der Waals surface area contributed by atoms with E-state index in [1.165, 1.54) is 9.13 Å². The smallest absolute Gasteiger partial charge is 0.316 e. The average molecular weight is 274 g/mol. The Kier molecular flexibility index (Phi) is 4.34. The SMILES string of the molecule is CCCNc1ncccc1Cn1ccn(C)c(=O)c1=O. The van der Waals surface area contributed by atoms with Crippen molar-refractivity contribution >= 4 is 5.82 Å². The van der Waals surface area contributed by atoms with Crippen molar-refractivity contribution in [3.8, 4) is 0 Å². The molecule has 1 N–H and O–H groups in total. The molecule has 6 heteroatoms. The summed E-state index contributed by atoms with van der Waals surface area (Å²) in [6.07, 6.45) is 5.88. The molecule has 0 radical (unpaired) electrons. The quantitative estimate of drug-likeness (QED) is 0.819. The van der Waals surface area contributed by atoms with Crippen LogP contribution in [-0.4, -0.2) is 20.7 Å². The second-order valence-electron chi connectivity index (χ2n) is 4.59. The van der Waals surface area contributed by atoms with Gasteiger partial charge in [0.25, 0.3) is 0 Å². The molecule has 0 saturated heterocycles. The van der Waals surface area contributed by atoms with Crippen LogP contribution in [-0.2, 0) is 13.6 Å². The number of anilines is 1. The van der Waals surface area contributed by atoms with Gasteiger partial charge < -0.3 is 14.5 Å². The summed E-state index contributed by atoms with van der Waals surface area (Å²) in [5, 5.41) is 3.22. The summed E-state index contributed by atoms with van der Waals surface area (Å²) in [7, 11) is 1.56. The second kappa shape index (κ2) is 6.18. The van der Waals surface area contributed by atoms with E-state index in [2.05, 4.69) is 17.2 Å². The van der Waals surface area contributed by atoms with E-state index in [-0.39, 0.29) is 0 Å². The molecule has 2 aromatic heterocycles. The number of hydrogen-bond donors (Lipinski definition) is 1. The van der Waals surface area contributed by atoms with Crippen molar-refractivity contribution in [1.29, 1.82) is 0 Å². The van der Waals surface area contributed by atoms with Gasteiger partial charge in [-0.3, -0.25) is 9.59 Å². The molecule has 0 saturated carbocycles. The van der Waals surface area contributed by atoms with Crippen LogP contribution in [0.5, 0.6) is 0 Å². The average Bonchev–Trinajstić information content (AvgIpc) is 2.47. The molecule has 106 valence electrons. The highest BCUT2D eigenvalue weighted by Crippen LogP contribution is 2.12. The van der Waals surface area contributed by atoms with Crippen LogP contribution in [0.4, 0.5) is 5.82 Å². The van der Waals surface area contributed by atoms with Crippen LogP contribution in [0.1, 0.15) is 18.9 Å². The molecule has 0 atom stereocenters. The summed E-state index contributed by atoms with van der Waals surface area (Å²) in [4.78, 5) is 27.8. The Hall–Kier alpha value is -2.37. The summed E-state index contributed by atoms with van der Waals surface area (Å²) >= 11 is 0. The molecule has 2 aromatic rings. The fourth-order valence-corrected chi connectivity index (χ4v) is 1.87. The van der Waals surface area contributed by atoms with Crippen molar-refractivity contribution in [2.75, 3.05) is 11.9 Å². The van der Waals surface area contributed by atoms with Crippen molar-refractivity contribution in [3.63, 3.8) is 0 Å². The molecule has 2 heterocycles. The van der Waals surface area contributed by atoms with E-state index >= 15 is 0 Å². The predicted octanol–water partition coefficient (Wildman–Crippen LogP) is 0.812. The zero-order chi connectivity index (χ0) is 14.5. The third kappa shape index (κ3) is 2.96. The van der Waals surface area contributed by atoms with Crippen molar-refractivity contribution in [2.45, 2.75) is 19.9 Å². The number of aryl methyl sites for hydroxylation is 1. The Morgan fingerprint density at radius 2 is 2.05 bits per heavy atom. The third-order valence-corrected chi connectivity index (χ3v) is 3.01. The summed E-state index contributed by atoms with van der Waals surface area (Å²) in [6, 6.07) is 3.72. The Bertz CT molecular complexity index is 703. The van der Waals surface area contributed by atoms with Crippen LogP contribution in [0.2, 0.25) is 0 Å². The topological polar surface area (TPSA) is 68.9 Å². The highest BCUT2D eigenvalue weighted by atomic mass is 16.2. The van der Waals surface area contributed by atoms with Gasteiger partial charge in [0, 0.05) is 37.7 Å². The minimum absolute atomic E-state index is 0.328. The van der Waals surface area contributed by atoms with E-state index < -0.39 is 11.1 Å². The number of nitrogens with one attached hydrogen (secondary N) is 1. The summed E-state index contributed by atoms with van der Waals surface area (Å²) in [6.45, 7) is 3.21. The van der Waals surface area contributed by atoms with Crippen molar-refractivity contribution in [3.05, 3.63) is 57.0 Å². The van der Waals surface area contributed by atoms with Gasteiger partial charge in [0.05, 0.1) is 6.54 Å². The molecule has 0 amide bonds. The van der Waals surface area contributed by atoms with Crippen LogP contribution < -0.4 is 16.4 Å². The maximum absolute atomic E-state index is 11.9. The van der Waals surface area contributed by atoms with E-state index in [4.69, 9.17) is 0 Å². The van der Waals surface area contributed by atoms with Crippen LogP contribution in [0, 0.1) is 0 Å². The summed E-state index contributed by atoms with van der Waals surface area (Å²) < 4.78 is 2.68. The number of rotatable bonds is 5. The Morgan fingerprint density at radius 1 is 1.25 bits per heavy atom. The molecule has 20 heavy (non-hydrogen) atoms. The van der Waals surface area contributed by atoms with Crippen molar-refractivity contribution < 1.29 is 0 Å². The van der Waals surface area contributed by atoms with Crippen molar-refractivity contribution in [1.82, 2.24) is 14.1 Å². The standard InChI is InChI=1S/C14H18N4O2/c1-3-6-15-12-11(5-4-7-16-12)10-18-9-8-17(2)13(19)14(18)20/h4-5,7-9H,3,6,10H2,1-2H3,(H,15,16). The van der Waals surface area contributed by atoms with E-state index in [0.29, 0.717) is 6.54 Å². The first-order chi connectivity index (χ1) is 9.63. The minimum atomic E-state index is -0.528. The first-order valence-electron chi connectivity index (χ1n) is 6.57. The normalized spacial score (nSPS) is 10.5.